The highest BCUT2D eigenvalue weighted by Crippen LogP contribution is 2.44. The van der Waals surface area contributed by atoms with E-state index in [1.54, 1.807) is 0 Å². The van der Waals surface area contributed by atoms with Crippen LogP contribution in [0.2, 0.25) is 0 Å². The van der Waals surface area contributed by atoms with E-state index in [1.165, 1.54) is 32.0 Å². The molecular formula is C16H23N3. The molecule has 0 radical (unpaired) electrons. The molecule has 0 bridgehead atoms. The normalized spacial score (nSPS) is 20.8. The van der Waals surface area contributed by atoms with Crippen molar-refractivity contribution in [3.05, 3.63) is 30.3 Å². The van der Waals surface area contributed by atoms with Crippen molar-refractivity contribution in [3.63, 3.8) is 0 Å². The minimum Gasteiger partial charge on any atom is -0.390 e. The highest BCUT2D eigenvalue weighted by Gasteiger charge is 2.36. The molecule has 1 aromatic rings. The van der Waals surface area contributed by atoms with Gasteiger partial charge in [0, 0.05) is 5.92 Å². The Balaban J connectivity index is 2.27. The Morgan fingerprint density at radius 1 is 1.26 bits per heavy atom. The number of para-hydroxylation sites is 1. The zero-order chi connectivity index (χ0) is 13.7. The third kappa shape index (κ3) is 3.22. The molecule has 1 atom stereocenters. The van der Waals surface area contributed by atoms with Gasteiger partial charge in [0.15, 0.2) is 0 Å². The van der Waals surface area contributed by atoms with Crippen molar-refractivity contribution in [2.24, 2.45) is 27.1 Å². The number of nitrogens with zero attached hydrogens (tertiary/aromatic N) is 2. The first-order chi connectivity index (χ1) is 9.15. The van der Waals surface area contributed by atoms with Crippen LogP contribution in [0.3, 0.4) is 0 Å². The van der Waals surface area contributed by atoms with Gasteiger partial charge in [-0.2, -0.15) is 0 Å². The molecule has 0 aliphatic heterocycles. The second kappa shape index (κ2) is 6.00. The molecule has 19 heavy (non-hydrogen) atoms. The Kier molecular flexibility index (Phi) is 4.35. The van der Waals surface area contributed by atoms with E-state index in [2.05, 4.69) is 23.8 Å². The van der Waals surface area contributed by atoms with E-state index >= 15 is 0 Å². The first-order valence-electron chi connectivity index (χ1n) is 7.03. The van der Waals surface area contributed by atoms with Crippen LogP contribution in [0.25, 0.3) is 0 Å². The molecule has 2 rings (SSSR count). The highest BCUT2D eigenvalue weighted by atomic mass is 15.0. The summed E-state index contributed by atoms with van der Waals surface area (Å²) in [6.45, 7) is 4.57. The van der Waals surface area contributed by atoms with Gasteiger partial charge in [0.2, 0.25) is 0 Å². The van der Waals surface area contributed by atoms with E-state index < -0.39 is 0 Å². The number of rotatable bonds is 3. The van der Waals surface area contributed by atoms with Gasteiger partial charge in [0.1, 0.15) is 5.84 Å². The lowest BCUT2D eigenvalue weighted by Crippen LogP contribution is -2.28. The molecule has 0 saturated heterocycles. The van der Waals surface area contributed by atoms with E-state index in [0.717, 1.165) is 11.5 Å². The first kappa shape index (κ1) is 13.8. The lowest BCUT2D eigenvalue weighted by atomic mass is 9.76. The molecule has 1 aliphatic carbocycles. The molecule has 1 saturated carbocycles. The van der Waals surface area contributed by atoms with Gasteiger partial charge in [-0.15, -0.1) is 0 Å². The number of hydrogen-bond donors (Lipinski definition) is 1. The maximum absolute atomic E-state index is 5.49. The zero-order valence-electron chi connectivity index (χ0n) is 11.8. The Morgan fingerprint density at radius 3 is 2.47 bits per heavy atom. The maximum atomic E-state index is 5.49. The molecule has 0 amide bonds. The number of hydrogen-bond acceptors (Lipinski definition) is 1. The van der Waals surface area contributed by atoms with Gasteiger partial charge in [-0.3, -0.25) is 0 Å². The molecule has 2 N–H and O–H groups in total. The molecule has 3 nitrogen and oxygen atoms in total. The molecule has 1 fully saturated rings. The van der Waals surface area contributed by atoms with Crippen LogP contribution in [0, 0.1) is 11.3 Å². The zero-order valence-corrected chi connectivity index (χ0v) is 11.8. The number of aliphatic imine (C=N–C) groups is 2. The summed E-state index contributed by atoms with van der Waals surface area (Å²) in [7, 11) is 0. The van der Waals surface area contributed by atoms with Crippen molar-refractivity contribution in [1.29, 1.82) is 0 Å². The molecule has 0 heterocycles. The van der Waals surface area contributed by atoms with Gasteiger partial charge in [-0.05, 0) is 30.4 Å². The highest BCUT2D eigenvalue weighted by molar-refractivity contribution is 5.92. The third-order valence-electron chi connectivity index (χ3n) is 4.39. The summed E-state index contributed by atoms with van der Waals surface area (Å²) in [5, 5.41) is 0. The first-order valence-corrected chi connectivity index (χ1v) is 7.03. The van der Waals surface area contributed by atoms with E-state index in [-0.39, 0.29) is 0 Å². The third-order valence-corrected chi connectivity index (χ3v) is 4.39. The summed E-state index contributed by atoms with van der Waals surface area (Å²) >= 11 is 0. The molecule has 1 aromatic carbocycles. The van der Waals surface area contributed by atoms with Crippen molar-refractivity contribution in [2.75, 3.05) is 0 Å². The quantitative estimate of drug-likeness (QED) is 0.647. The number of benzene rings is 1. The smallest absolute Gasteiger partial charge is 0.134 e. The second-order valence-corrected chi connectivity index (χ2v) is 5.67. The summed E-state index contributed by atoms with van der Waals surface area (Å²) in [5.41, 5.74) is 6.74. The van der Waals surface area contributed by atoms with Crippen LogP contribution in [0.5, 0.6) is 0 Å². The Labute approximate surface area is 115 Å². The number of nitrogens with two attached hydrogens (primary N) is 1. The fourth-order valence-electron chi connectivity index (χ4n) is 2.88. The fourth-order valence-corrected chi connectivity index (χ4v) is 2.88. The molecule has 102 valence electrons. The van der Waals surface area contributed by atoms with Crippen LogP contribution >= 0.6 is 0 Å². The van der Waals surface area contributed by atoms with Gasteiger partial charge >= 0.3 is 0 Å². The van der Waals surface area contributed by atoms with E-state index in [9.17, 15) is 0 Å². The van der Waals surface area contributed by atoms with Crippen molar-refractivity contribution in [1.82, 2.24) is 0 Å². The Morgan fingerprint density at radius 2 is 1.89 bits per heavy atom. The summed E-state index contributed by atoms with van der Waals surface area (Å²) in [4.78, 5) is 8.99. The van der Waals surface area contributed by atoms with Crippen LogP contribution in [-0.2, 0) is 0 Å². The maximum Gasteiger partial charge on any atom is 0.134 e. The number of amidine groups is 1. The van der Waals surface area contributed by atoms with E-state index in [1.807, 2.05) is 30.3 Å². The second-order valence-electron chi connectivity index (χ2n) is 5.67. The predicted octanol–water partition coefficient (Wildman–Crippen LogP) is 3.92. The molecule has 0 spiro atoms. The van der Waals surface area contributed by atoms with Gasteiger partial charge in [-0.25, -0.2) is 9.98 Å². The van der Waals surface area contributed by atoms with Crippen molar-refractivity contribution >= 4 is 17.9 Å². The standard InChI is InChI=1S/C16H23N3/c1-13(16(2)10-6-7-11-16)15(18-12-17)19-14-8-4-3-5-9-14/h3-5,8-9,12-13H,6-7,10-11H2,1-2H3,(H2,17,18,19). The minimum atomic E-state index is 0.306. The average Bonchev–Trinajstić information content (AvgIpc) is 2.87. The van der Waals surface area contributed by atoms with Gasteiger partial charge in [0.05, 0.1) is 12.0 Å². The topological polar surface area (TPSA) is 50.7 Å². The molecule has 1 aliphatic rings. The summed E-state index contributed by atoms with van der Waals surface area (Å²) < 4.78 is 0. The minimum absolute atomic E-state index is 0.306. The monoisotopic (exact) mass is 257 g/mol. The summed E-state index contributed by atoms with van der Waals surface area (Å²) in [6, 6.07) is 9.97. The van der Waals surface area contributed by atoms with E-state index in [4.69, 9.17) is 5.73 Å². The van der Waals surface area contributed by atoms with Crippen LogP contribution < -0.4 is 5.73 Å². The molecule has 1 unspecified atom stereocenters. The van der Waals surface area contributed by atoms with Crippen LogP contribution in [0.1, 0.15) is 39.5 Å². The lowest BCUT2D eigenvalue weighted by Gasteiger charge is -2.30. The van der Waals surface area contributed by atoms with Crippen LogP contribution in [0.4, 0.5) is 5.69 Å². The van der Waals surface area contributed by atoms with Crippen molar-refractivity contribution in [2.45, 2.75) is 39.5 Å². The predicted molar refractivity (Wildman–Crippen MR) is 82.0 cm³/mol. The fraction of sp³-hybridized carbons (Fsp3) is 0.500. The summed E-state index contributed by atoms with van der Waals surface area (Å²) in [5.74, 6) is 1.17. The van der Waals surface area contributed by atoms with Crippen molar-refractivity contribution in [3.8, 4) is 0 Å². The SMILES string of the molecule is CC(C(N=CN)=Nc1ccccc1)C1(C)CCCC1. The summed E-state index contributed by atoms with van der Waals surface area (Å²) in [6.07, 6.45) is 6.48. The van der Waals surface area contributed by atoms with Gasteiger partial charge in [0.25, 0.3) is 0 Å². The van der Waals surface area contributed by atoms with Crippen LogP contribution in [0.15, 0.2) is 40.3 Å². The van der Waals surface area contributed by atoms with Crippen LogP contribution in [-0.4, -0.2) is 12.2 Å². The molecule has 3 heteroatoms. The van der Waals surface area contributed by atoms with Gasteiger partial charge in [-0.1, -0.05) is 44.9 Å². The lowest BCUT2D eigenvalue weighted by molar-refractivity contribution is 0.268. The Bertz CT molecular complexity index is 456. The molecule has 0 aromatic heterocycles. The van der Waals surface area contributed by atoms with E-state index in [0.29, 0.717) is 11.3 Å². The largest absolute Gasteiger partial charge is 0.390 e. The van der Waals surface area contributed by atoms with Crippen molar-refractivity contribution < 1.29 is 0 Å². The van der Waals surface area contributed by atoms with Gasteiger partial charge < -0.3 is 5.73 Å². The molecular weight excluding hydrogens is 234 g/mol. The average molecular weight is 257 g/mol. The Hall–Kier alpha value is -1.64.